The number of ether oxygens (including phenoxy) is 1. The number of rotatable bonds is 4. The molecule has 0 radical (unpaired) electrons. The highest BCUT2D eigenvalue weighted by molar-refractivity contribution is 6.02. The van der Waals surface area contributed by atoms with Crippen molar-refractivity contribution >= 4 is 22.5 Å². The molecular weight excluding hydrogens is 312 g/mol. The zero-order chi connectivity index (χ0) is 18.0. The zero-order valence-corrected chi connectivity index (χ0v) is 15.0. The summed E-state index contributed by atoms with van der Waals surface area (Å²) < 4.78 is 5.15. The molecule has 1 amide bonds. The molecule has 3 aromatic rings. The van der Waals surface area contributed by atoms with E-state index in [1.807, 2.05) is 44.2 Å². The van der Waals surface area contributed by atoms with Crippen LogP contribution in [0.1, 0.15) is 22.4 Å². The van der Waals surface area contributed by atoms with Crippen molar-refractivity contribution in [3.8, 4) is 5.75 Å². The molecule has 1 N–H and O–H groups in total. The summed E-state index contributed by atoms with van der Waals surface area (Å²) in [6, 6.07) is 13.6. The first-order chi connectivity index (χ1) is 12.0. The molecule has 3 rings (SSSR count). The minimum Gasteiger partial charge on any atom is -0.497 e. The van der Waals surface area contributed by atoms with Gasteiger partial charge in [0.1, 0.15) is 5.75 Å². The summed E-state index contributed by atoms with van der Waals surface area (Å²) in [7, 11) is 1.63. The van der Waals surface area contributed by atoms with E-state index in [0.717, 1.165) is 44.7 Å². The SMILES string of the molecule is COc1ccc(CC(=O)Nc2cc(C)nc3c(C)cc(C)cc23)cc1. The van der Waals surface area contributed by atoms with E-state index in [0.29, 0.717) is 6.42 Å². The van der Waals surface area contributed by atoms with Crippen molar-refractivity contribution in [1.29, 1.82) is 0 Å². The Morgan fingerprint density at radius 3 is 2.48 bits per heavy atom. The second kappa shape index (κ2) is 6.93. The second-order valence-electron chi connectivity index (χ2n) is 6.36. The molecule has 25 heavy (non-hydrogen) atoms. The molecule has 0 saturated heterocycles. The van der Waals surface area contributed by atoms with Crippen LogP contribution in [0.2, 0.25) is 0 Å². The van der Waals surface area contributed by atoms with Gasteiger partial charge in [-0.15, -0.1) is 0 Å². The standard InChI is InChI=1S/C21H22N2O2/c1-13-9-14(2)21-18(10-13)19(11-15(3)22-21)23-20(24)12-16-5-7-17(25-4)8-6-16/h5-11H,12H2,1-4H3,(H,22,23,24). The van der Waals surface area contributed by atoms with Gasteiger partial charge in [-0.25, -0.2) is 0 Å². The molecule has 0 aliphatic rings. The Hall–Kier alpha value is -2.88. The fourth-order valence-corrected chi connectivity index (χ4v) is 3.04. The van der Waals surface area contributed by atoms with Crippen LogP contribution in [0, 0.1) is 20.8 Å². The molecule has 128 valence electrons. The van der Waals surface area contributed by atoms with Gasteiger partial charge in [0.25, 0.3) is 0 Å². The molecule has 0 unspecified atom stereocenters. The molecule has 0 aliphatic carbocycles. The Bertz CT molecular complexity index is 931. The minimum atomic E-state index is -0.0452. The van der Waals surface area contributed by atoms with Gasteiger partial charge in [-0.3, -0.25) is 9.78 Å². The van der Waals surface area contributed by atoms with Crippen LogP contribution >= 0.6 is 0 Å². The van der Waals surface area contributed by atoms with Gasteiger partial charge in [-0.2, -0.15) is 0 Å². The number of hydrogen-bond acceptors (Lipinski definition) is 3. The van der Waals surface area contributed by atoms with Crippen molar-refractivity contribution in [2.75, 3.05) is 12.4 Å². The van der Waals surface area contributed by atoms with E-state index in [1.165, 1.54) is 0 Å². The molecule has 0 atom stereocenters. The summed E-state index contributed by atoms with van der Waals surface area (Å²) in [5, 5.41) is 4.03. The highest BCUT2D eigenvalue weighted by Crippen LogP contribution is 2.27. The van der Waals surface area contributed by atoms with Gasteiger partial charge in [-0.1, -0.05) is 23.8 Å². The molecule has 0 bridgehead atoms. The first-order valence-corrected chi connectivity index (χ1v) is 8.27. The van der Waals surface area contributed by atoms with Crippen LogP contribution in [-0.2, 0) is 11.2 Å². The highest BCUT2D eigenvalue weighted by atomic mass is 16.5. The van der Waals surface area contributed by atoms with Crippen LogP contribution in [0.4, 0.5) is 5.69 Å². The van der Waals surface area contributed by atoms with Crippen LogP contribution in [0.15, 0.2) is 42.5 Å². The molecular formula is C21H22N2O2. The molecule has 4 nitrogen and oxygen atoms in total. The number of carbonyl (C=O) groups is 1. The number of nitrogens with zero attached hydrogens (tertiary/aromatic N) is 1. The monoisotopic (exact) mass is 334 g/mol. The van der Waals surface area contributed by atoms with Gasteiger partial charge < -0.3 is 10.1 Å². The van der Waals surface area contributed by atoms with Crippen molar-refractivity contribution in [3.63, 3.8) is 0 Å². The van der Waals surface area contributed by atoms with Crippen LogP contribution in [0.3, 0.4) is 0 Å². The van der Waals surface area contributed by atoms with E-state index < -0.39 is 0 Å². The average Bonchev–Trinajstić information content (AvgIpc) is 2.56. The van der Waals surface area contributed by atoms with E-state index >= 15 is 0 Å². The fourth-order valence-electron chi connectivity index (χ4n) is 3.04. The molecule has 0 saturated carbocycles. The first kappa shape index (κ1) is 17.0. The molecule has 0 aliphatic heterocycles. The van der Waals surface area contributed by atoms with Crippen LogP contribution in [-0.4, -0.2) is 18.0 Å². The number of anilines is 1. The topological polar surface area (TPSA) is 51.2 Å². The van der Waals surface area contributed by atoms with Crippen LogP contribution < -0.4 is 10.1 Å². The fraction of sp³-hybridized carbons (Fsp3) is 0.238. The number of benzene rings is 2. The third-order valence-electron chi connectivity index (χ3n) is 4.17. The summed E-state index contributed by atoms with van der Waals surface area (Å²) in [5.74, 6) is 0.738. The van der Waals surface area contributed by atoms with Crippen molar-refractivity contribution in [2.45, 2.75) is 27.2 Å². The third kappa shape index (κ3) is 3.79. The lowest BCUT2D eigenvalue weighted by Crippen LogP contribution is -2.15. The number of aromatic nitrogens is 1. The molecule has 0 fully saturated rings. The Labute approximate surface area is 147 Å². The van der Waals surface area contributed by atoms with Crippen molar-refractivity contribution in [2.24, 2.45) is 0 Å². The quantitative estimate of drug-likeness (QED) is 0.772. The Balaban J connectivity index is 1.87. The average molecular weight is 334 g/mol. The predicted octanol–water partition coefficient (Wildman–Crippen LogP) is 4.35. The normalized spacial score (nSPS) is 10.7. The van der Waals surface area contributed by atoms with E-state index in [1.54, 1.807) is 7.11 Å². The van der Waals surface area contributed by atoms with Gasteiger partial charge in [0.05, 0.1) is 24.7 Å². The van der Waals surface area contributed by atoms with Crippen LogP contribution in [0.5, 0.6) is 5.75 Å². The maximum absolute atomic E-state index is 12.5. The molecule has 4 heteroatoms. The lowest BCUT2D eigenvalue weighted by molar-refractivity contribution is -0.115. The number of pyridine rings is 1. The Kier molecular flexibility index (Phi) is 4.70. The number of hydrogen-bond donors (Lipinski definition) is 1. The smallest absolute Gasteiger partial charge is 0.228 e. The first-order valence-electron chi connectivity index (χ1n) is 8.27. The van der Waals surface area contributed by atoms with E-state index in [2.05, 4.69) is 29.4 Å². The maximum atomic E-state index is 12.5. The Morgan fingerprint density at radius 2 is 1.80 bits per heavy atom. The zero-order valence-electron chi connectivity index (χ0n) is 15.0. The van der Waals surface area contributed by atoms with Crippen LogP contribution in [0.25, 0.3) is 10.9 Å². The van der Waals surface area contributed by atoms with Gasteiger partial charge in [-0.05, 0) is 56.2 Å². The molecule has 0 spiro atoms. The van der Waals surface area contributed by atoms with E-state index in [-0.39, 0.29) is 5.91 Å². The number of amides is 1. The minimum absolute atomic E-state index is 0.0452. The summed E-state index contributed by atoms with van der Waals surface area (Å²) in [5.41, 5.74) is 5.85. The molecule has 2 aromatic carbocycles. The molecule has 1 heterocycles. The number of methoxy groups -OCH3 is 1. The number of nitrogens with one attached hydrogen (secondary N) is 1. The number of aryl methyl sites for hydroxylation is 3. The second-order valence-corrected chi connectivity index (χ2v) is 6.36. The van der Waals surface area contributed by atoms with Gasteiger partial charge in [0.15, 0.2) is 0 Å². The van der Waals surface area contributed by atoms with E-state index in [9.17, 15) is 4.79 Å². The van der Waals surface area contributed by atoms with Gasteiger partial charge in [0.2, 0.25) is 5.91 Å². The maximum Gasteiger partial charge on any atom is 0.228 e. The predicted molar refractivity (Wildman–Crippen MR) is 101 cm³/mol. The summed E-state index contributed by atoms with van der Waals surface area (Å²) in [6.45, 7) is 6.04. The molecule has 1 aromatic heterocycles. The van der Waals surface area contributed by atoms with Gasteiger partial charge in [0, 0.05) is 11.1 Å². The van der Waals surface area contributed by atoms with Gasteiger partial charge >= 0.3 is 0 Å². The van der Waals surface area contributed by atoms with E-state index in [4.69, 9.17) is 4.74 Å². The number of fused-ring (bicyclic) bond motifs is 1. The lowest BCUT2D eigenvalue weighted by Gasteiger charge is -2.12. The van der Waals surface area contributed by atoms with Crippen molar-refractivity contribution < 1.29 is 9.53 Å². The lowest BCUT2D eigenvalue weighted by atomic mass is 10.0. The summed E-state index contributed by atoms with van der Waals surface area (Å²) >= 11 is 0. The highest BCUT2D eigenvalue weighted by Gasteiger charge is 2.11. The summed E-state index contributed by atoms with van der Waals surface area (Å²) in [4.78, 5) is 17.1. The van der Waals surface area contributed by atoms with Crippen molar-refractivity contribution in [3.05, 3.63) is 64.8 Å². The largest absolute Gasteiger partial charge is 0.497 e. The number of carbonyl (C=O) groups excluding carboxylic acids is 1. The Morgan fingerprint density at radius 1 is 1.08 bits per heavy atom. The third-order valence-corrected chi connectivity index (χ3v) is 4.17. The summed E-state index contributed by atoms with van der Waals surface area (Å²) in [6.07, 6.45) is 0.317. The van der Waals surface area contributed by atoms with Crippen molar-refractivity contribution in [1.82, 2.24) is 4.98 Å².